The van der Waals surface area contributed by atoms with Gasteiger partial charge in [-0.3, -0.25) is 9.98 Å². The normalized spacial score (nSPS) is 10.6. The maximum atomic E-state index is 4.97. The molecular formula is C33H43Cl3N3V. The fraction of sp³-hybridized carbons (Fsp3) is 0.424. The van der Waals surface area contributed by atoms with E-state index in [0.717, 1.165) is 74.1 Å². The maximum absolute atomic E-state index is 4.97. The summed E-state index contributed by atoms with van der Waals surface area (Å²) in [6, 6.07) is 15.2. The van der Waals surface area contributed by atoms with Crippen LogP contribution in [0.2, 0.25) is 0 Å². The third kappa shape index (κ3) is 11.7. The number of aromatic nitrogens is 1. The van der Waals surface area contributed by atoms with Crippen molar-refractivity contribution in [2.45, 2.75) is 92.9 Å². The molecule has 0 fully saturated rings. The van der Waals surface area contributed by atoms with Crippen LogP contribution < -0.4 is 37.2 Å². The molecule has 3 aromatic rings. The van der Waals surface area contributed by atoms with Crippen LogP contribution in [-0.2, 0) is 44.2 Å². The Morgan fingerprint density at radius 3 is 1.15 bits per heavy atom. The Hall–Kier alpha value is -1.62. The van der Waals surface area contributed by atoms with E-state index in [2.05, 4.69) is 65.8 Å². The molecule has 0 unspecified atom stereocenters. The van der Waals surface area contributed by atoms with Crippen LogP contribution in [0.5, 0.6) is 0 Å². The molecule has 0 N–H and O–H groups in total. The van der Waals surface area contributed by atoms with Crippen molar-refractivity contribution >= 4 is 23.8 Å². The number of rotatable bonds is 12. The van der Waals surface area contributed by atoms with Crippen molar-refractivity contribution in [1.29, 1.82) is 0 Å². The van der Waals surface area contributed by atoms with Gasteiger partial charge in [-0.25, -0.2) is 4.98 Å². The minimum Gasteiger partial charge on any atom is -1.00 e. The summed E-state index contributed by atoms with van der Waals surface area (Å²) < 4.78 is 0. The van der Waals surface area contributed by atoms with E-state index in [1.807, 2.05) is 30.6 Å². The number of pyridine rings is 1. The Kier molecular flexibility index (Phi) is 21.4. The molecule has 0 bridgehead atoms. The van der Waals surface area contributed by atoms with Gasteiger partial charge in [0.25, 0.3) is 0 Å². The predicted octanol–water partition coefficient (Wildman–Crippen LogP) is 0.0191. The van der Waals surface area contributed by atoms with Gasteiger partial charge in [-0.1, -0.05) is 94.8 Å². The number of hydrogen-bond donors (Lipinski definition) is 0. The first-order valence-corrected chi connectivity index (χ1v) is 13.8. The molecule has 3 nitrogen and oxygen atoms in total. The van der Waals surface area contributed by atoms with Crippen LogP contribution >= 0.6 is 0 Å². The van der Waals surface area contributed by atoms with Gasteiger partial charge in [0.15, 0.2) is 0 Å². The third-order valence-electron chi connectivity index (χ3n) is 6.35. The second kappa shape index (κ2) is 21.1. The summed E-state index contributed by atoms with van der Waals surface area (Å²) >= 11 is 0. The quantitative estimate of drug-likeness (QED) is 0.258. The standard InChI is InChI=1S/C33H43N3.3ClH.V/c1-7-12-26-18-24(5)19-27(13-8-2)32(26)34-22-30-16-11-17-31(36-30)23-35-33-28(14-9-3)20-25(6)21-29(33)15-10-4;;;;/h11,16-23H,7-10,12-15H2,1-6H3;3*1H;/q;;;;+3/p-3. The first kappa shape index (κ1) is 40.5. The molecule has 0 saturated carbocycles. The Morgan fingerprint density at radius 1 is 0.575 bits per heavy atom. The summed E-state index contributed by atoms with van der Waals surface area (Å²) in [6.45, 7) is 13.3. The molecule has 3 rings (SSSR count). The van der Waals surface area contributed by atoms with E-state index in [1.54, 1.807) is 0 Å². The molecular weight excluding hydrogens is 596 g/mol. The van der Waals surface area contributed by atoms with Gasteiger partial charge in [0.1, 0.15) is 0 Å². The molecule has 7 heteroatoms. The van der Waals surface area contributed by atoms with Gasteiger partial charge in [-0.15, -0.1) is 0 Å². The average molecular weight is 639 g/mol. The van der Waals surface area contributed by atoms with Crippen LogP contribution in [0.4, 0.5) is 11.4 Å². The van der Waals surface area contributed by atoms with Crippen molar-refractivity contribution in [3.63, 3.8) is 0 Å². The number of aliphatic imine (C=N–C) groups is 2. The molecule has 0 aliphatic rings. The van der Waals surface area contributed by atoms with E-state index in [0.29, 0.717) is 0 Å². The van der Waals surface area contributed by atoms with Crippen molar-refractivity contribution in [2.75, 3.05) is 0 Å². The van der Waals surface area contributed by atoms with Gasteiger partial charge in [0.2, 0.25) is 0 Å². The first-order chi connectivity index (χ1) is 17.5. The Morgan fingerprint density at radius 2 is 0.875 bits per heavy atom. The Balaban J connectivity index is 0. The predicted molar refractivity (Wildman–Crippen MR) is 157 cm³/mol. The molecule has 216 valence electrons. The van der Waals surface area contributed by atoms with Crippen molar-refractivity contribution < 1.29 is 55.8 Å². The van der Waals surface area contributed by atoms with Crippen molar-refractivity contribution in [2.24, 2.45) is 9.98 Å². The summed E-state index contributed by atoms with van der Waals surface area (Å²) in [7, 11) is 0. The van der Waals surface area contributed by atoms with Gasteiger partial charge in [0.05, 0.1) is 35.2 Å². The summed E-state index contributed by atoms with van der Waals surface area (Å²) in [5.41, 5.74) is 11.9. The maximum Gasteiger partial charge on any atom is 3.00 e. The topological polar surface area (TPSA) is 37.6 Å². The molecule has 0 aliphatic carbocycles. The minimum absolute atomic E-state index is 0. The SMILES string of the molecule is CCCc1cc(C)cc(CCC)c1N=Cc1cccc(C=Nc2c(CCC)cc(C)cc2CCC)n1.[Cl-].[Cl-].[Cl-].[V+3]. The minimum atomic E-state index is 0. The number of benzene rings is 2. The second-order valence-electron chi connectivity index (χ2n) is 9.87. The van der Waals surface area contributed by atoms with Gasteiger partial charge in [-0.05, 0) is 73.9 Å². The molecule has 0 spiro atoms. The molecule has 0 saturated heterocycles. The van der Waals surface area contributed by atoms with Gasteiger partial charge in [-0.2, -0.15) is 0 Å². The fourth-order valence-corrected chi connectivity index (χ4v) is 4.91. The van der Waals surface area contributed by atoms with E-state index in [-0.39, 0.29) is 55.8 Å². The van der Waals surface area contributed by atoms with Crippen molar-refractivity contribution in [1.82, 2.24) is 4.98 Å². The van der Waals surface area contributed by atoms with E-state index in [4.69, 9.17) is 15.0 Å². The Labute approximate surface area is 273 Å². The van der Waals surface area contributed by atoms with Crippen LogP contribution in [0.15, 0.2) is 52.4 Å². The summed E-state index contributed by atoms with van der Waals surface area (Å²) in [5, 5.41) is 0. The zero-order valence-corrected chi connectivity index (χ0v) is 28.4. The summed E-state index contributed by atoms with van der Waals surface area (Å²) in [4.78, 5) is 14.8. The van der Waals surface area contributed by atoms with E-state index >= 15 is 0 Å². The number of aryl methyl sites for hydroxylation is 6. The smallest absolute Gasteiger partial charge is 1.00 e. The molecule has 0 radical (unpaired) electrons. The molecule has 0 atom stereocenters. The third-order valence-corrected chi connectivity index (χ3v) is 6.35. The Bertz CT molecular complexity index is 1080. The molecule has 1 aromatic heterocycles. The van der Waals surface area contributed by atoms with Crippen LogP contribution in [0.25, 0.3) is 0 Å². The van der Waals surface area contributed by atoms with Crippen LogP contribution in [0, 0.1) is 13.8 Å². The largest absolute Gasteiger partial charge is 3.00 e. The van der Waals surface area contributed by atoms with E-state index in [9.17, 15) is 0 Å². The molecule has 0 amide bonds. The number of hydrogen-bond acceptors (Lipinski definition) is 3. The second-order valence-corrected chi connectivity index (χ2v) is 9.87. The van der Waals surface area contributed by atoms with E-state index < -0.39 is 0 Å². The summed E-state index contributed by atoms with van der Waals surface area (Å²) in [6.07, 6.45) is 12.4. The van der Waals surface area contributed by atoms with E-state index in [1.165, 1.54) is 33.4 Å². The zero-order chi connectivity index (χ0) is 25.9. The van der Waals surface area contributed by atoms with Crippen LogP contribution in [0.1, 0.15) is 98.1 Å². The van der Waals surface area contributed by atoms with Gasteiger partial charge < -0.3 is 37.2 Å². The molecule has 0 aliphatic heterocycles. The molecule has 40 heavy (non-hydrogen) atoms. The molecule has 2 aromatic carbocycles. The molecule has 1 heterocycles. The van der Waals surface area contributed by atoms with Crippen LogP contribution in [-0.4, -0.2) is 17.4 Å². The first-order valence-electron chi connectivity index (χ1n) is 13.8. The van der Waals surface area contributed by atoms with Gasteiger partial charge >= 0.3 is 18.6 Å². The monoisotopic (exact) mass is 637 g/mol. The average Bonchev–Trinajstić information content (AvgIpc) is 2.84. The fourth-order valence-electron chi connectivity index (χ4n) is 4.91. The summed E-state index contributed by atoms with van der Waals surface area (Å²) in [5.74, 6) is 0. The zero-order valence-electron chi connectivity index (χ0n) is 24.8. The number of nitrogens with zero attached hydrogens (tertiary/aromatic N) is 3. The van der Waals surface area contributed by atoms with Crippen LogP contribution in [0.3, 0.4) is 0 Å². The number of halogens is 3. The van der Waals surface area contributed by atoms with Crippen molar-refractivity contribution in [3.8, 4) is 0 Å². The van der Waals surface area contributed by atoms with Gasteiger partial charge in [0, 0.05) is 0 Å². The van der Waals surface area contributed by atoms with Crippen molar-refractivity contribution in [3.05, 3.63) is 87.2 Å².